The van der Waals surface area contributed by atoms with Crippen LogP contribution in [0.3, 0.4) is 0 Å². The van der Waals surface area contributed by atoms with Crippen LogP contribution in [0.2, 0.25) is 0 Å². The monoisotopic (exact) mass is 294 g/mol. The number of hydrogen-bond donors (Lipinski definition) is 1. The summed E-state index contributed by atoms with van der Waals surface area (Å²) in [6.07, 6.45) is 1.91. The molecule has 22 heavy (non-hydrogen) atoms. The van der Waals surface area contributed by atoms with Crippen LogP contribution in [0.15, 0.2) is 42.6 Å². The van der Waals surface area contributed by atoms with Crippen LogP contribution in [0.4, 0.5) is 5.69 Å². The molecule has 0 aliphatic rings. The molecule has 0 unspecified atom stereocenters. The Morgan fingerprint density at radius 1 is 1.05 bits per heavy atom. The van der Waals surface area contributed by atoms with E-state index < -0.39 is 0 Å². The van der Waals surface area contributed by atoms with Gasteiger partial charge in [0.05, 0.1) is 19.0 Å². The van der Waals surface area contributed by atoms with Gasteiger partial charge < -0.3 is 10.5 Å². The lowest BCUT2D eigenvalue weighted by Gasteiger charge is -2.06. The fraction of sp³-hybridized carbons (Fsp3) is 0.176. The van der Waals surface area contributed by atoms with Gasteiger partial charge in [-0.15, -0.1) is 5.10 Å². The van der Waals surface area contributed by atoms with Crippen molar-refractivity contribution in [2.45, 2.75) is 13.8 Å². The highest BCUT2D eigenvalue weighted by molar-refractivity contribution is 5.62. The van der Waals surface area contributed by atoms with Crippen molar-refractivity contribution < 1.29 is 4.74 Å². The number of aromatic nitrogens is 3. The number of nitrogen functional groups attached to an aromatic ring is 1. The van der Waals surface area contributed by atoms with Crippen molar-refractivity contribution in [3.63, 3.8) is 0 Å². The van der Waals surface area contributed by atoms with Gasteiger partial charge in [-0.3, -0.25) is 0 Å². The highest BCUT2D eigenvalue weighted by Gasteiger charge is 2.09. The topological polar surface area (TPSA) is 66.0 Å². The molecule has 0 aliphatic carbocycles. The smallest absolute Gasteiger partial charge is 0.121 e. The van der Waals surface area contributed by atoms with E-state index in [1.54, 1.807) is 11.8 Å². The van der Waals surface area contributed by atoms with Crippen LogP contribution in [0, 0.1) is 13.8 Å². The number of nitrogens with zero attached hydrogens (tertiary/aromatic N) is 3. The Kier molecular flexibility index (Phi) is 3.55. The molecular formula is C17H18N4O. The fourth-order valence-electron chi connectivity index (χ4n) is 2.42. The van der Waals surface area contributed by atoms with Crippen LogP contribution in [0.1, 0.15) is 11.1 Å². The molecular weight excluding hydrogens is 276 g/mol. The maximum atomic E-state index is 5.86. The summed E-state index contributed by atoms with van der Waals surface area (Å²) in [4.78, 5) is 0. The maximum Gasteiger partial charge on any atom is 0.121 e. The first-order chi connectivity index (χ1) is 10.6. The Bertz CT molecular complexity index is 823. The van der Waals surface area contributed by atoms with Gasteiger partial charge in [-0.2, -0.15) is 0 Å². The van der Waals surface area contributed by atoms with Crippen molar-refractivity contribution in [2.24, 2.45) is 0 Å². The Morgan fingerprint density at radius 2 is 1.86 bits per heavy atom. The summed E-state index contributed by atoms with van der Waals surface area (Å²) in [5, 5.41) is 8.48. The summed E-state index contributed by atoms with van der Waals surface area (Å²) in [5.74, 6) is 0.864. The lowest BCUT2D eigenvalue weighted by atomic mass is 10.1. The Morgan fingerprint density at radius 3 is 2.59 bits per heavy atom. The van der Waals surface area contributed by atoms with E-state index in [1.165, 1.54) is 0 Å². The van der Waals surface area contributed by atoms with Crippen molar-refractivity contribution in [3.05, 3.63) is 53.7 Å². The highest BCUT2D eigenvalue weighted by Crippen LogP contribution is 2.25. The van der Waals surface area contributed by atoms with Crippen LogP contribution < -0.4 is 10.5 Å². The summed E-state index contributed by atoms with van der Waals surface area (Å²) >= 11 is 0. The minimum Gasteiger partial charge on any atom is -0.496 e. The summed E-state index contributed by atoms with van der Waals surface area (Å²) in [7, 11) is 1.67. The fourth-order valence-corrected chi connectivity index (χ4v) is 2.42. The number of anilines is 1. The van der Waals surface area contributed by atoms with Gasteiger partial charge in [0.2, 0.25) is 0 Å². The highest BCUT2D eigenvalue weighted by atomic mass is 16.5. The normalized spacial score (nSPS) is 10.7. The average molecular weight is 294 g/mol. The molecule has 0 fully saturated rings. The Balaban J connectivity index is 2.00. The molecule has 0 atom stereocenters. The molecule has 5 nitrogen and oxygen atoms in total. The van der Waals surface area contributed by atoms with Crippen LogP contribution in [0.25, 0.3) is 16.9 Å². The third kappa shape index (κ3) is 2.53. The number of nitrogens with two attached hydrogens (primary N) is 1. The predicted octanol–water partition coefficient (Wildman–Crippen LogP) is 3.14. The van der Waals surface area contributed by atoms with Crippen molar-refractivity contribution in [1.82, 2.24) is 15.0 Å². The number of hydrogen-bond acceptors (Lipinski definition) is 4. The van der Waals surface area contributed by atoms with Gasteiger partial charge in [-0.25, -0.2) is 4.68 Å². The molecule has 0 bridgehead atoms. The molecule has 1 aromatic heterocycles. The first-order valence-corrected chi connectivity index (χ1v) is 7.02. The summed E-state index contributed by atoms with van der Waals surface area (Å²) in [5.41, 5.74) is 11.5. The zero-order valence-electron chi connectivity index (χ0n) is 12.9. The van der Waals surface area contributed by atoms with Crippen molar-refractivity contribution >= 4 is 5.69 Å². The van der Waals surface area contributed by atoms with E-state index >= 15 is 0 Å². The van der Waals surface area contributed by atoms with Crippen molar-refractivity contribution in [2.75, 3.05) is 12.8 Å². The molecule has 112 valence electrons. The Labute approximate surface area is 129 Å². The second kappa shape index (κ2) is 5.52. The van der Waals surface area contributed by atoms with E-state index in [2.05, 4.69) is 10.3 Å². The summed E-state index contributed by atoms with van der Waals surface area (Å²) in [6.45, 7) is 4.03. The van der Waals surface area contributed by atoms with Crippen LogP contribution >= 0.6 is 0 Å². The molecule has 3 rings (SSSR count). The van der Waals surface area contributed by atoms with Crippen LogP contribution in [0.5, 0.6) is 5.75 Å². The number of ether oxygens (including phenoxy) is 1. The van der Waals surface area contributed by atoms with Gasteiger partial charge in [0.25, 0.3) is 0 Å². The summed E-state index contributed by atoms with van der Waals surface area (Å²) in [6, 6.07) is 11.7. The van der Waals surface area contributed by atoms with Crippen molar-refractivity contribution in [1.29, 1.82) is 0 Å². The first-order valence-electron chi connectivity index (χ1n) is 7.02. The minimum absolute atomic E-state index is 0.706. The van der Waals surface area contributed by atoms with Gasteiger partial charge in [0, 0.05) is 11.3 Å². The second-order valence-corrected chi connectivity index (χ2v) is 5.28. The van der Waals surface area contributed by atoms with Gasteiger partial charge in [-0.1, -0.05) is 11.3 Å². The molecule has 0 aliphatic heterocycles. The van der Waals surface area contributed by atoms with Crippen LogP contribution in [-0.4, -0.2) is 22.1 Å². The Hall–Kier alpha value is -2.82. The van der Waals surface area contributed by atoms with E-state index in [9.17, 15) is 0 Å². The molecule has 0 radical (unpaired) electrons. The minimum atomic E-state index is 0.706. The quantitative estimate of drug-likeness (QED) is 0.754. The molecule has 2 aromatic carbocycles. The molecule has 0 amide bonds. The van der Waals surface area contributed by atoms with E-state index in [4.69, 9.17) is 10.5 Å². The number of methoxy groups -OCH3 is 1. The standard InChI is InChI=1S/C17H18N4O/c1-11-4-6-14(18)9-16(11)21-10-15(19-20-21)13-5-7-17(22-3)12(2)8-13/h4-10H,18H2,1-3H3. The molecule has 5 heteroatoms. The number of rotatable bonds is 3. The first kappa shape index (κ1) is 14.1. The van der Waals surface area contributed by atoms with Gasteiger partial charge >= 0.3 is 0 Å². The van der Waals surface area contributed by atoms with E-state index in [0.29, 0.717) is 5.69 Å². The molecule has 1 heterocycles. The third-order valence-corrected chi connectivity index (χ3v) is 3.66. The molecule has 0 spiro atoms. The van der Waals surface area contributed by atoms with E-state index in [0.717, 1.165) is 33.8 Å². The van der Waals surface area contributed by atoms with E-state index in [1.807, 2.05) is 56.4 Å². The average Bonchev–Trinajstić information content (AvgIpc) is 2.99. The zero-order chi connectivity index (χ0) is 15.7. The maximum absolute atomic E-state index is 5.86. The molecule has 3 aromatic rings. The van der Waals surface area contributed by atoms with Crippen molar-refractivity contribution in [3.8, 4) is 22.7 Å². The summed E-state index contributed by atoms with van der Waals surface area (Å²) < 4.78 is 7.03. The van der Waals surface area contributed by atoms with Gasteiger partial charge in [0.15, 0.2) is 0 Å². The lowest BCUT2D eigenvalue weighted by Crippen LogP contribution is -1.99. The SMILES string of the molecule is COc1ccc(-c2cn(-c3cc(N)ccc3C)nn2)cc1C. The molecule has 0 saturated heterocycles. The van der Waals surface area contributed by atoms with Crippen LogP contribution in [-0.2, 0) is 0 Å². The number of benzene rings is 2. The molecule has 0 saturated carbocycles. The van der Waals surface area contributed by atoms with Gasteiger partial charge in [0.1, 0.15) is 11.4 Å². The largest absolute Gasteiger partial charge is 0.496 e. The van der Waals surface area contributed by atoms with E-state index in [-0.39, 0.29) is 0 Å². The third-order valence-electron chi connectivity index (χ3n) is 3.66. The van der Waals surface area contributed by atoms with Gasteiger partial charge in [-0.05, 0) is 55.3 Å². The second-order valence-electron chi connectivity index (χ2n) is 5.28. The zero-order valence-corrected chi connectivity index (χ0v) is 12.9. The molecule has 2 N–H and O–H groups in total. The number of aryl methyl sites for hydroxylation is 2. The lowest BCUT2D eigenvalue weighted by molar-refractivity contribution is 0.412. The predicted molar refractivity (Wildman–Crippen MR) is 87.2 cm³/mol.